The molecule has 0 aliphatic carbocycles. The number of hydrogen-bond donors (Lipinski definition) is 3. The van der Waals surface area contributed by atoms with Gasteiger partial charge < -0.3 is 16.2 Å². The van der Waals surface area contributed by atoms with Gasteiger partial charge in [-0.05, 0) is 24.6 Å². The molecule has 1 aromatic carbocycles. The Morgan fingerprint density at radius 2 is 2.35 bits per heavy atom. The summed E-state index contributed by atoms with van der Waals surface area (Å²) in [4.78, 5) is 11.9. The fourth-order valence-corrected chi connectivity index (χ4v) is 1.82. The molecule has 1 amide bonds. The van der Waals surface area contributed by atoms with Crippen LogP contribution in [0.25, 0.3) is 0 Å². The average molecular weight is 275 g/mol. The third-order valence-corrected chi connectivity index (χ3v) is 2.85. The van der Waals surface area contributed by atoms with E-state index in [0.717, 1.165) is 5.56 Å². The van der Waals surface area contributed by atoms with E-state index in [-0.39, 0.29) is 24.2 Å². The van der Waals surface area contributed by atoms with E-state index in [1.54, 1.807) is 24.4 Å². The average Bonchev–Trinajstić information content (AvgIpc) is 2.86. The van der Waals surface area contributed by atoms with Crippen molar-refractivity contribution in [1.29, 1.82) is 0 Å². The topological polar surface area (TPSA) is 106 Å². The van der Waals surface area contributed by atoms with Crippen LogP contribution in [0.1, 0.15) is 24.2 Å². The maximum Gasteiger partial charge on any atom is 0.242 e. The molecular weight excluding hydrogens is 258 g/mol. The van der Waals surface area contributed by atoms with E-state index in [9.17, 15) is 9.90 Å². The number of aromatic hydroxyl groups is 1. The molecule has 0 saturated carbocycles. The van der Waals surface area contributed by atoms with Gasteiger partial charge >= 0.3 is 0 Å². The van der Waals surface area contributed by atoms with Crippen molar-refractivity contribution in [2.24, 2.45) is 5.73 Å². The van der Waals surface area contributed by atoms with Crippen LogP contribution in [0.2, 0.25) is 0 Å². The van der Waals surface area contributed by atoms with Crippen LogP contribution in [-0.4, -0.2) is 26.0 Å². The van der Waals surface area contributed by atoms with Crippen LogP contribution < -0.4 is 11.1 Å². The minimum atomic E-state index is -0.202. The molecule has 0 saturated heterocycles. The molecule has 7 nitrogen and oxygen atoms in total. The quantitative estimate of drug-likeness (QED) is 0.728. The van der Waals surface area contributed by atoms with Crippen LogP contribution in [0, 0.1) is 0 Å². The molecule has 4 N–H and O–H groups in total. The summed E-state index contributed by atoms with van der Waals surface area (Å²) in [5.41, 5.74) is 6.90. The standard InChI is InChI=1S/C13H17N5O2/c1-9(10-3-2-4-12(19)5-10)15-13(20)8-18-7-11(6-14)16-17-18/h2-5,7,9,19H,6,8,14H2,1H3,(H,15,20). The SMILES string of the molecule is CC(NC(=O)Cn1cc(CN)nn1)c1cccc(O)c1. The predicted molar refractivity (Wildman–Crippen MR) is 72.6 cm³/mol. The molecule has 106 valence electrons. The number of phenolic OH excluding ortho intramolecular Hbond substituents is 1. The minimum Gasteiger partial charge on any atom is -0.508 e. The lowest BCUT2D eigenvalue weighted by atomic mass is 10.1. The van der Waals surface area contributed by atoms with E-state index in [1.165, 1.54) is 4.68 Å². The van der Waals surface area contributed by atoms with Crippen LogP contribution in [0.15, 0.2) is 30.5 Å². The summed E-state index contributed by atoms with van der Waals surface area (Å²) < 4.78 is 1.44. The normalized spacial score (nSPS) is 12.1. The maximum absolute atomic E-state index is 11.9. The molecule has 1 unspecified atom stereocenters. The predicted octanol–water partition coefficient (Wildman–Crippen LogP) is 0.320. The molecule has 0 aliphatic rings. The molecule has 2 rings (SSSR count). The highest BCUT2D eigenvalue weighted by molar-refractivity contribution is 5.76. The van der Waals surface area contributed by atoms with Gasteiger partial charge in [0.05, 0.1) is 17.9 Å². The van der Waals surface area contributed by atoms with Crippen LogP contribution in [0.5, 0.6) is 5.75 Å². The van der Waals surface area contributed by atoms with E-state index in [1.807, 2.05) is 13.0 Å². The first-order valence-electron chi connectivity index (χ1n) is 6.26. The van der Waals surface area contributed by atoms with Crippen molar-refractivity contribution in [3.63, 3.8) is 0 Å². The highest BCUT2D eigenvalue weighted by Gasteiger charge is 2.11. The molecule has 1 atom stereocenters. The molecule has 2 aromatic rings. The van der Waals surface area contributed by atoms with Crippen molar-refractivity contribution < 1.29 is 9.90 Å². The first kappa shape index (κ1) is 14.0. The lowest BCUT2D eigenvalue weighted by molar-refractivity contribution is -0.122. The second-order valence-corrected chi connectivity index (χ2v) is 4.50. The molecule has 0 radical (unpaired) electrons. The smallest absolute Gasteiger partial charge is 0.242 e. The highest BCUT2D eigenvalue weighted by Crippen LogP contribution is 2.17. The number of nitrogens with one attached hydrogen (secondary N) is 1. The Labute approximate surface area is 116 Å². The van der Waals surface area contributed by atoms with Crippen LogP contribution in [0.4, 0.5) is 0 Å². The third kappa shape index (κ3) is 3.55. The van der Waals surface area contributed by atoms with Crippen molar-refractivity contribution in [2.75, 3.05) is 0 Å². The number of amides is 1. The minimum absolute atomic E-state index is 0.0795. The second-order valence-electron chi connectivity index (χ2n) is 4.50. The molecular formula is C13H17N5O2. The lowest BCUT2D eigenvalue weighted by Crippen LogP contribution is -2.30. The zero-order valence-electron chi connectivity index (χ0n) is 11.2. The van der Waals surface area contributed by atoms with Crippen molar-refractivity contribution in [3.05, 3.63) is 41.7 Å². The monoisotopic (exact) mass is 275 g/mol. The van der Waals surface area contributed by atoms with Crippen molar-refractivity contribution in [2.45, 2.75) is 26.1 Å². The van der Waals surface area contributed by atoms with Gasteiger partial charge in [0, 0.05) is 6.54 Å². The zero-order valence-corrected chi connectivity index (χ0v) is 11.2. The summed E-state index contributed by atoms with van der Waals surface area (Å²) >= 11 is 0. The summed E-state index contributed by atoms with van der Waals surface area (Å²) in [6, 6.07) is 6.58. The van der Waals surface area contributed by atoms with Crippen molar-refractivity contribution in [3.8, 4) is 5.75 Å². The third-order valence-electron chi connectivity index (χ3n) is 2.85. The van der Waals surface area contributed by atoms with Gasteiger partial charge in [-0.3, -0.25) is 4.79 Å². The molecule has 7 heteroatoms. The van der Waals surface area contributed by atoms with Gasteiger partial charge in [0.2, 0.25) is 5.91 Å². The van der Waals surface area contributed by atoms with Gasteiger partial charge in [-0.15, -0.1) is 5.10 Å². The van der Waals surface area contributed by atoms with E-state index >= 15 is 0 Å². The number of carbonyl (C=O) groups is 1. The van der Waals surface area contributed by atoms with Crippen LogP contribution >= 0.6 is 0 Å². The summed E-state index contributed by atoms with van der Waals surface area (Å²) in [7, 11) is 0. The number of hydrogen-bond acceptors (Lipinski definition) is 5. The number of aromatic nitrogens is 3. The van der Waals surface area contributed by atoms with Gasteiger partial charge in [0.25, 0.3) is 0 Å². The number of nitrogens with zero attached hydrogens (tertiary/aromatic N) is 3. The van der Waals surface area contributed by atoms with Crippen molar-refractivity contribution >= 4 is 5.91 Å². The Morgan fingerprint density at radius 1 is 1.55 bits per heavy atom. The molecule has 0 bridgehead atoms. The molecule has 20 heavy (non-hydrogen) atoms. The first-order valence-corrected chi connectivity index (χ1v) is 6.26. The molecule has 0 fully saturated rings. The lowest BCUT2D eigenvalue weighted by Gasteiger charge is -2.14. The van der Waals surface area contributed by atoms with E-state index < -0.39 is 0 Å². The Morgan fingerprint density at radius 3 is 3.00 bits per heavy atom. The number of rotatable bonds is 5. The Bertz CT molecular complexity index is 596. The fraction of sp³-hybridized carbons (Fsp3) is 0.308. The molecule has 0 spiro atoms. The van der Waals surface area contributed by atoms with E-state index in [4.69, 9.17) is 5.73 Å². The van der Waals surface area contributed by atoms with E-state index in [0.29, 0.717) is 12.2 Å². The Balaban J connectivity index is 1.94. The zero-order chi connectivity index (χ0) is 14.5. The largest absolute Gasteiger partial charge is 0.508 e. The van der Waals surface area contributed by atoms with Gasteiger partial charge in [0.1, 0.15) is 12.3 Å². The number of benzene rings is 1. The van der Waals surface area contributed by atoms with Crippen LogP contribution in [-0.2, 0) is 17.9 Å². The summed E-state index contributed by atoms with van der Waals surface area (Å²) in [5.74, 6) is -0.0122. The Hall–Kier alpha value is -2.41. The van der Waals surface area contributed by atoms with Gasteiger partial charge in [-0.2, -0.15) is 0 Å². The van der Waals surface area contributed by atoms with Gasteiger partial charge in [-0.1, -0.05) is 17.3 Å². The van der Waals surface area contributed by atoms with Gasteiger partial charge in [0.15, 0.2) is 0 Å². The number of phenols is 1. The van der Waals surface area contributed by atoms with Crippen LogP contribution in [0.3, 0.4) is 0 Å². The van der Waals surface area contributed by atoms with Crippen molar-refractivity contribution in [1.82, 2.24) is 20.3 Å². The molecule has 0 aliphatic heterocycles. The van der Waals surface area contributed by atoms with Gasteiger partial charge in [-0.25, -0.2) is 4.68 Å². The fourth-order valence-electron chi connectivity index (χ4n) is 1.82. The summed E-state index contributed by atoms with van der Waals surface area (Å²) in [5, 5.41) is 19.9. The molecule has 1 aromatic heterocycles. The Kier molecular flexibility index (Phi) is 4.31. The highest BCUT2D eigenvalue weighted by atomic mass is 16.3. The maximum atomic E-state index is 11.9. The number of carbonyl (C=O) groups excluding carboxylic acids is 1. The summed E-state index contributed by atoms with van der Waals surface area (Å²) in [6.07, 6.45) is 1.64. The summed E-state index contributed by atoms with van der Waals surface area (Å²) in [6.45, 7) is 2.22. The number of nitrogens with two attached hydrogens (primary N) is 1. The first-order chi connectivity index (χ1) is 9.58. The second kappa shape index (κ2) is 6.16. The molecule has 1 heterocycles. The van der Waals surface area contributed by atoms with E-state index in [2.05, 4.69) is 15.6 Å².